The van der Waals surface area contributed by atoms with Crippen molar-refractivity contribution >= 4 is 0 Å². The lowest BCUT2D eigenvalue weighted by molar-refractivity contribution is 0.184. The molecule has 1 aromatic rings. The van der Waals surface area contributed by atoms with Crippen LogP contribution < -0.4 is 0 Å². The molecule has 0 aromatic carbocycles. The van der Waals surface area contributed by atoms with Gasteiger partial charge in [0.25, 0.3) is 0 Å². The van der Waals surface area contributed by atoms with E-state index in [4.69, 9.17) is 0 Å². The predicted molar refractivity (Wildman–Crippen MR) is 43.3 cm³/mol. The third-order valence-corrected chi connectivity index (χ3v) is 1.64. The topological polar surface area (TPSA) is 38.0 Å². The molecule has 0 bridgehead atoms. The van der Waals surface area contributed by atoms with Gasteiger partial charge in [-0.15, -0.1) is 0 Å². The monoisotopic (exact) mass is 154 g/mol. The molecule has 1 N–H and O–H groups in total. The summed E-state index contributed by atoms with van der Waals surface area (Å²) >= 11 is 0. The van der Waals surface area contributed by atoms with Gasteiger partial charge in [-0.2, -0.15) is 0 Å². The molecule has 0 fully saturated rings. The molecule has 0 saturated carbocycles. The van der Waals surface area contributed by atoms with E-state index in [0.29, 0.717) is 0 Å². The van der Waals surface area contributed by atoms with Crippen LogP contribution in [0.1, 0.15) is 31.5 Å². The Morgan fingerprint density at radius 3 is 2.73 bits per heavy atom. The summed E-state index contributed by atoms with van der Waals surface area (Å²) in [7, 11) is 0. The highest BCUT2D eigenvalue weighted by Gasteiger charge is 2.08. The van der Waals surface area contributed by atoms with Gasteiger partial charge in [0.2, 0.25) is 0 Å². The van der Waals surface area contributed by atoms with Crippen molar-refractivity contribution in [2.45, 2.75) is 33.4 Å². The second-order valence-electron chi connectivity index (χ2n) is 2.70. The Morgan fingerprint density at radius 1 is 1.73 bits per heavy atom. The van der Waals surface area contributed by atoms with E-state index in [9.17, 15) is 5.11 Å². The fourth-order valence-corrected chi connectivity index (χ4v) is 1.15. The van der Waals surface area contributed by atoms with E-state index < -0.39 is 6.10 Å². The first-order valence-corrected chi connectivity index (χ1v) is 3.87. The van der Waals surface area contributed by atoms with E-state index in [-0.39, 0.29) is 0 Å². The molecular weight excluding hydrogens is 140 g/mol. The zero-order valence-corrected chi connectivity index (χ0v) is 7.20. The molecule has 1 heterocycles. The summed E-state index contributed by atoms with van der Waals surface area (Å²) in [6, 6.07) is 0. The molecule has 1 atom stereocenters. The Balaban J connectivity index is 3.02. The minimum atomic E-state index is -0.469. The molecule has 3 nitrogen and oxygen atoms in total. The Bertz CT molecular complexity index is 240. The number of aliphatic hydroxyl groups is 1. The van der Waals surface area contributed by atoms with Gasteiger partial charge in [-0.3, -0.25) is 0 Å². The van der Waals surface area contributed by atoms with Crippen LogP contribution in [0.5, 0.6) is 0 Å². The first-order valence-electron chi connectivity index (χ1n) is 3.87. The lowest BCUT2D eigenvalue weighted by Gasteiger charge is -2.05. The summed E-state index contributed by atoms with van der Waals surface area (Å²) in [5.74, 6) is 0.755. The highest BCUT2D eigenvalue weighted by molar-refractivity contribution is 5.03. The van der Waals surface area contributed by atoms with Crippen molar-refractivity contribution in [2.24, 2.45) is 0 Å². The van der Waals surface area contributed by atoms with Crippen LogP contribution in [0.2, 0.25) is 0 Å². The number of nitrogens with zero attached hydrogens (tertiary/aromatic N) is 2. The van der Waals surface area contributed by atoms with Crippen LogP contribution in [0.4, 0.5) is 0 Å². The summed E-state index contributed by atoms with van der Waals surface area (Å²) in [6.07, 6.45) is 1.48. The number of hydrogen-bond donors (Lipinski definition) is 1. The quantitative estimate of drug-likeness (QED) is 0.696. The van der Waals surface area contributed by atoms with Gasteiger partial charge in [-0.25, -0.2) is 4.98 Å². The molecule has 1 aromatic heterocycles. The maximum absolute atomic E-state index is 9.27. The number of aryl methyl sites for hydroxylation is 2. The maximum atomic E-state index is 9.27. The average molecular weight is 154 g/mol. The van der Waals surface area contributed by atoms with Crippen molar-refractivity contribution in [2.75, 3.05) is 0 Å². The van der Waals surface area contributed by atoms with Gasteiger partial charge in [-0.1, -0.05) is 0 Å². The molecule has 0 saturated heterocycles. The summed E-state index contributed by atoms with van der Waals surface area (Å²) in [5.41, 5.74) is 0.961. The SMILES string of the molecule is CCn1cc(C)nc1C(C)O. The standard InChI is InChI=1S/C8H14N2O/c1-4-10-5-6(2)9-8(10)7(3)11/h5,7,11H,4H2,1-3H3. The van der Waals surface area contributed by atoms with Crippen LogP contribution in [-0.2, 0) is 6.54 Å². The largest absolute Gasteiger partial charge is 0.385 e. The van der Waals surface area contributed by atoms with Crippen molar-refractivity contribution in [3.63, 3.8) is 0 Å². The van der Waals surface area contributed by atoms with Crippen molar-refractivity contribution in [1.82, 2.24) is 9.55 Å². The number of aliphatic hydroxyl groups excluding tert-OH is 1. The highest BCUT2D eigenvalue weighted by Crippen LogP contribution is 2.11. The summed E-state index contributed by atoms with van der Waals surface area (Å²) in [4.78, 5) is 4.19. The number of hydrogen-bond acceptors (Lipinski definition) is 2. The van der Waals surface area contributed by atoms with Gasteiger partial charge in [0.15, 0.2) is 0 Å². The Kier molecular flexibility index (Phi) is 2.29. The minimum absolute atomic E-state index is 0.469. The fraction of sp³-hybridized carbons (Fsp3) is 0.625. The third kappa shape index (κ3) is 1.60. The molecule has 0 aliphatic carbocycles. The summed E-state index contributed by atoms with van der Waals surface area (Å²) < 4.78 is 1.96. The smallest absolute Gasteiger partial charge is 0.137 e. The van der Waals surface area contributed by atoms with E-state index in [2.05, 4.69) is 4.98 Å². The van der Waals surface area contributed by atoms with E-state index >= 15 is 0 Å². The van der Waals surface area contributed by atoms with Gasteiger partial charge in [0.05, 0.1) is 5.69 Å². The van der Waals surface area contributed by atoms with E-state index in [0.717, 1.165) is 18.1 Å². The van der Waals surface area contributed by atoms with Crippen molar-refractivity contribution in [3.8, 4) is 0 Å². The van der Waals surface area contributed by atoms with Crippen LogP contribution in [0, 0.1) is 6.92 Å². The highest BCUT2D eigenvalue weighted by atomic mass is 16.3. The molecule has 0 amide bonds. The third-order valence-electron chi connectivity index (χ3n) is 1.64. The maximum Gasteiger partial charge on any atom is 0.137 e. The molecule has 0 aliphatic rings. The van der Waals surface area contributed by atoms with Gasteiger partial charge in [-0.05, 0) is 20.8 Å². The minimum Gasteiger partial charge on any atom is -0.385 e. The first-order chi connectivity index (χ1) is 5.15. The molecule has 3 heteroatoms. The average Bonchev–Trinajstić information content (AvgIpc) is 2.30. The Labute approximate surface area is 66.7 Å². The van der Waals surface area contributed by atoms with Crippen LogP contribution in [-0.4, -0.2) is 14.7 Å². The van der Waals surface area contributed by atoms with Gasteiger partial charge >= 0.3 is 0 Å². The van der Waals surface area contributed by atoms with Gasteiger partial charge in [0, 0.05) is 12.7 Å². The molecule has 1 rings (SSSR count). The first kappa shape index (κ1) is 8.27. The Morgan fingerprint density at radius 2 is 2.36 bits per heavy atom. The van der Waals surface area contributed by atoms with Crippen LogP contribution in [0.25, 0.3) is 0 Å². The second-order valence-corrected chi connectivity index (χ2v) is 2.70. The fourth-order valence-electron chi connectivity index (χ4n) is 1.15. The normalized spacial score (nSPS) is 13.5. The van der Waals surface area contributed by atoms with Gasteiger partial charge in [0.1, 0.15) is 11.9 Å². The lowest BCUT2D eigenvalue weighted by Crippen LogP contribution is -2.03. The summed E-state index contributed by atoms with van der Waals surface area (Å²) in [5, 5.41) is 9.27. The number of aromatic nitrogens is 2. The zero-order valence-electron chi connectivity index (χ0n) is 7.20. The summed E-state index contributed by atoms with van der Waals surface area (Å²) in [6.45, 7) is 6.56. The van der Waals surface area contributed by atoms with Crippen molar-refractivity contribution in [1.29, 1.82) is 0 Å². The Hall–Kier alpha value is -0.830. The molecule has 1 unspecified atom stereocenters. The molecule has 11 heavy (non-hydrogen) atoms. The molecule has 62 valence electrons. The van der Waals surface area contributed by atoms with E-state index in [1.54, 1.807) is 6.92 Å². The molecule has 0 aliphatic heterocycles. The van der Waals surface area contributed by atoms with Crippen LogP contribution >= 0.6 is 0 Å². The predicted octanol–water partition coefficient (Wildman–Crippen LogP) is 1.26. The van der Waals surface area contributed by atoms with Crippen LogP contribution in [0.3, 0.4) is 0 Å². The molecule has 0 radical (unpaired) electrons. The van der Waals surface area contributed by atoms with Crippen molar-refractivity contribution in [3.05, 3.63) is 17.7 Å². The molecular formula is C8H14N2O. The zero-order chi connectivity index (χ0) is 8.43. The second kappa shape index (κ2) is 3.05. The van der Waals surface area contributed by atoms with E-state index in [1.807, 2.05) is 24.6 Å². The molecule has 0 spiro atoms. The van der Waals surface area contributed by atoms with Crippen LogP contribution in [0.15, 0.2) is 6.20 Å². The van der Waals surface area contributed by atoms with Gasteiger partial charge < -0.3 is 9.67 Å². The van der Waals surface area contributed by atoms with E-state index in [1.165, 1.54) is 0 Å². The number of imidazole rings is 1. The van der Waals surface area contributed by atoms with Crippen molar-refractivity contribution < 1.29 is 5.11 Å². The lowest BCUT2D eigenvalue weighted by atomic mass is 10.4. The number of rotatable bonds is 2.